The average molecular weight is 201 g/mol. The number of hydrogen-bond acceptors (Lipinski definition) is 3. The molecule has 0 heterocycles. The van der Waals surface area contributed by atoms with Crippen molar-refractivity contribution in [1.82, 2.24) is 5.32 Å². The van der Waals surface area contributed by atoms with Crippen molar-refractivity contribution in [3.05, 3.63) is 11.6 Å². The third-order valence-corrected chi connectivity index (χ3v) is 1.89. The molecule has 0 aliphatic heterocycles. The summed E-state index contributed by atoms with van der Waals surface area (Å²) in [5.74, 6) is -0.495. The highest BCUT2D eigenvalue weighted by molar-refractivity contribution is 5.80. The van der Waals surface area contributed by atoms with E-state index in [4.69, 9.17) is 10.2 Å². The fourth-order valence-electron chi connectivity index (χ4n) is 1.10. The Bertz CT molecular complexity index is 202. The minimum absolute atomic E-state index is 0.201. The van der Waals surface area contributed by atoms with E-state index in [0.29, 0.717) is 12.5 Å². The van der Waals surface area contributed by atoms with Crippen LogP contribution in [0.25, 0.3) is 0 Å². The zero-order chi connectivity index (χ0) is 11.0. The van der Waals surface area contributed by atoms with Crippen molar-refractivity contribution in [3.63, 3.8) is 0 Å². The maximum absolute atomic E-state index is 10.3. The Morgan fingerprint density at radius 2 is 2.21 bits per heavy atom. The van der Waals surface area contributed by atoms with Crippen molar-refractivity contribution < 1.29 is 15.0 Å². The molecule has 0 aromatic heterocycles. The summed E-state index contributed by atoms with van der Waals surface area (Å²) >= 11 is 0. The molecule has 0 rings (SSSR count). The fraction of sp³-hybridized carbons (Fsp3) is 0.700. The zero-order valence-electron chi connectivity index (χ0n) is 8.79. The van der Waals surface area contributed by atoms with Crippen molar-refractivity contribution >= 4 is 5.97 Å². The molecule has 0 aliphatic rings. The molecule has 0 fully saturated rings. The average Bonchev–Trinajstić information content (AvgIpc) is 2.02. The lowest BCUT2D eigenvalue weighted by atomic mass is 10.1. The van der Waals surface area contributed by atoms with Gasteiger partial charge in [-0.2, -0.15) is 0 Å². The number of rotatable bonds is 7. The number of hydrogen-bond donors (Lipinski definition) is 3. The van der Waals surface area contributed by atoms with Crippen molar-refractivity contribution in [3.8, 4) is 0 Å². The van der Waals surface area contributed by atoms with Gasteiger partial charge in [-0.05, 0) is 25.8 Å². The topological polar surface area (TPSA) is 69.6 Å². The van der Waals surface area contributed by atoms with Crippen LogP contribution >= 0.6 is 0 Å². The van der Waals surface area contributed by atoms with Gasteiger partial charge >= 0.3 is 5.97 Å². The van der Waals surface area contributed by atoms with Crippen LogP contribution in [0.5, 0.6) is 0 Å². The van der Waals surface area contributed by atoms with Crippen LogP contribution in [0.2, 0.25) is 0 Å². The number of nitrogens with one attached hydrogen (secondary N) is 1. The first-order valence-electron chi connectivity index (χ1n) is 4.78. The van der Waals surface area contributed by atoms with Gasteiger partial charge < -0.3 is 15.5 Å². The maximum Gasteiger partial charge on any atom is 0.328 e. The minimum atomic E-state index is -0.910. The van der Waals surface area contributed by atoms with Crippen LogP contribution in [0.4, 0.5) is 0 Å². The van der Waals surface area contributed by atoms with Crippen LogP contribution in [-0.4, -0.2) is 35.9 Å². The molecular weight excluding hydrogens is 182 g/mol. The van der Waals surface area contributed by atoms with Crippen LogP contribution in [0.15, 0.2) is 11.6 Å². The van der Waals surface area contributed by atoms with Gasteiger partial charge in [-0.1, -0.05) is 12.5 Å². The molecule has 1 atom stereocenters. The summed E-state index contributed by atoms with van der Waals surface area (Å²) in [6.45, 7) is 5.40. The zero-order valence-corrected chi connectivity index (χ0v) is 8.79. The molecule has 1 unspecified atom stereocenters. The summed E-state index contributed by atoms with van der Waals surface area (Å²) in [5, 5.41) is 20.2. The molecular formula is C10H19NO3. The van der Waals surface area contributed by atoms with Crippen LogP contribution in [0.1, 0.15) is 20.3 Å². The van der Waals surface area contributed by atoms with Crippen LogP contribution < -0.4 is 5.32 Å². The Morgan fingerprint density at radius 1 is 1.57 bits per heavy atom. The van der Waals surface area contributed by atoms with E-state index in [9.17, 15) is 4.79 Å². The van der Waals surface area contributed by atoms with Gasteiger partial charge in [0.25, 0.3) is 0 Å². The first-order valence-corrected chi connectivity index (χ1v) is 4.78. The third-order valence-electron chi connectivity index (χ3n) is 1.89. The molecule has 3 N–H and O–H groups in total. The van der Waals surface area contributed by atoms with E-state index < -0.39 is 5.97 Å². The second-order valence-corrected chi connectivity index (χ2v) is 3.58. The minimum Gasteiger partial charge on any atom is -0.478 e. The van der Waals surface area contributed by atoms with Gasteiger partial charge in [0.15, 0.2) is 0 Å². The quantitative estimate of drug-likeness (QED) is 0.528. The van der Waals surface area contributed by atoms with Gasteiger partial charge in [0.05, 0.1) is 0 Å². The van der Waals surface area contributed by atoms with Gasteiger partial charge in [0, 0.05) is 19.2 Å². The lowest BCUT2D eigenvalue weighted by Gasteiger charge is -2.10. The van der Waals surface area contributed by atoms with Crippen molar-refractivity contribution in [2.45, 2.75) is 20.3 Å². The third kappa shape index (κ3) is 7.76. The molecule has 0 saturated carbocycles. The van der Waals surface area contributed by atoms with E-state index in [-0.39, 0.29) is 6.61 Å². The van der Waals surface area contributed by atoms with E-state index in [1.807, 2.05) is 6.92 Å². The first kappa shape index (κ1) is 13.1. The number of aliphatic hydroxyl groups is 1. The predicted molar refractivity (Wildman–Crippen MR) is 55.1 cm³/mol. The number of carboxylic acid groups (broad SMARTS) is 1. The summed E-state index contributed by atoms with van der Waals surface area (Å²) in [4.78, 5) is 10.3. The highest BCUT2D eigenvalue weighted by atomic mass is 16.4. The number of aliphatic hydroxyl groups excluding tert-OH is 1. The van der Waals surface area contributed by atoms with E-state index in [1.165, 1.54) is 6.08 Å². The Hall–Kier alpha value is -0.870. The van der Waals surface area contributed by atoms with Crippen molar-refractivity contribution in [1.29, 1.82) is 0 Å². The van der Waals surface area contributed by atoms with Crippen LogP contribution in [0.3, 0.4) is 0 Å². The molecule has 0 bridgehead atoms. The van der Waals surface area contributed by atoms with E-state index >= 15 is 0 Å². The molecule has 82 valence electrons. The van der Waals surface area contributed by atoms with Crippen LogP contribution in [0, 0.1) is 5.92 Å². The smallest absolute Gasteiger partial charge is 0.328 e. The van der Waals surface area contributed by atoms with Crippen LogP contribution in [-0.2, 0) is 4.79 Å². The predicted octanol–water partition coefficient (Wildman–Crippen LogP) is 0.625. The number of carbonyl (C=O) groups is 1. The number of aliphatic carboxylic acids is 1. The van der Waals surface area contributed by atoms with E-state index in [0.717, 1.165) is 18.5 Å². The normalized spacial score (nSPS) is 14.1. The highest BCUT2D eigenvalue weighted by Gasteiger charge is 2.00. The maximum atomic E-state index is 10.3. The summed E-state index contributed by atoms with van der Waals surface area (Å²) in [5.41, 5.74) is 0.800. The molecule has 0 aromatic carbocycles. The Kier molecular flexibility index (Phi) is 7.06. The highest BCUT2D eigenvalue weighted by Crippen LogP contribution is 1.98. The van der Waals surface area contributed by atoms with Gasteiger partial charge in [0.1, 0.15) is 0 Å². The Labute approximate surface area is 84.6 Å². The summed E-state index contributed by atoms with van der Waals surface area (Å²) in [6.07, 6.45) is 1.97. The standard InChI is InChI=1S/C10H19NO3/c1-8(3-4-12)6-11-7-9(2)5-10(13)14/h5,8,11-12H,3-4,6-7H2,1-2H3,(H,13,14). The lowest BCUT2D eigenvalue weighted by molar-refractivity contribution is -0.131. The van der Waals surface area contributed by atoms with Crippen molar-refractivity contribution in [2.24, 2.45) is 5.92 Å². The molecule has 4 nitrogen and oxygen atoms in total. The lowest BCUT2D eigenvalue weighted by Crippen LogP contribution is -2.23. The second kappa shape index (κ2) is 7.53. The van der Waals surface area contributed by atoms with Gasteiger partial charge in [-0.25, -0.2) is 4.79 Å². The molecule has 0 aromatic rings. The molecule has 0 saturated heterocycles. The molecule has 0 aliphatic carbocycles. The fourth-order valence-corrected chi connectivity index (χ4v) is 1.10. The molecule has 4 heteroatoms. The Morgan fingerprint density at radius 3 is 2.71 bits per heavy atom. The van der Waals surface area contributed by atoms with E-state index in [1.54, 1.807) is 6.92 Å². The second-order valence-electron chi connectivity index (χ2n) is 3.58. The summed E-state index contributed by atoms with van der Waals surface area (Å²) < 4.78 is 0. The van der Waals surface area contributed by atoms with E-state index in [2.05, 4.69) is 5.32 Å². The monoisotopic (exact) mass is 201 g/mol. The van der Waals surface area contributed by atoms with Crippen molar-refractivity contribution in [2.75, 3.05) is 19.7 Å². The molecule has 0 spiro atoms. The largest absolute Gasteiger partial charge is 0.478 e. The van der Waals surface area contributed by atoms with Gasteiger partial charge in [-0.3, -0.25) is 0 Å². The van der Waals surface area contributed by atoms with Gasteiger partial charge in [0.2, 0.25) is 0 Å². The van der Waals surface area contributed by atoms with Gasteiger partial charge in [-0.15, -0.1) is 0 Å². The summed E-state index contributed by atoms with van der Waals surface area (Å²) in [7, 11) is 0. The number of carboxylic acids is 1. The molecule has 0 radical (unpaired) electrons. The summed E-state index contributed by atoms with van der Waals surface area (Å²) in [6, 6.07) is 0. The first-order chi connectivity index (χ1) is 6.56. The molecule has 0 amide bonds. The SMILES string of the molecule is CC(=CC(=O)O)CNCC(C)CCO. The molecule has 14 heavy (non-hydrogen) atoms. The Balaban J connectivity index is 3.58.